The highest BCUT2D eigenvalue weighted by atomic mass is 15.2. The standard InChI is InChI=1S/C15H25N3/c1-3-8-18-9-4-5-13(10-16)15(18)14-7-6-12(2)11-17-14/h6-7,11,13,15H,3-5,8-10,16H2,1-2H3. The van der Waals surface area contributed by atoms with Crippen molar-refractivity contribution in [2.45, 2.75) is 39.2 Å². The van der Waals surface area contributed by atoms with E-state index in [0.717, 1.165) is 13.1 Å². The van der Waals surface area contributed by atoms with Gasteiger partial charge in [0.05, 0.1) is 11.7 Å². The van der Waals surface area contributed by atoms with Crippen LogP contribution in [0.25, 0.3) is 0 Å². The Bertz CT molecular complexity index is 359. The van der Waals surface area contributed by atoms with E-state index in [-0.39, 0.29) is 0 Å². The summed E-state index contributed by atoms with van der Waals surface area (Å²) in [6, 6.07) is 4.76. The summed E-state index contributed by atoms with van der Waals surface area (Å²) in [4.78, 5) is 7.20. The smallest absolute Gasteiger partial charge is 0.0578 e. The van der Waals surface area contributed by atoms with Gasteiger partial charge < -0.3 is 5.73 Å². The fourth-order valence-corrected chi connectivity index (χ4v) is 3.02. The zero-order chi connectivity index (χ0) is 13.0. The molecular formula is C15H25N3. The summed E-state index contributed by atoms with van der Waals surface area (Å²) in [5.41, 5.74) is 8.39. The van der Waals surface area contributed by atoms with Crippen LogP contribution in [0.3, 0.4) is 0 Å². The average Bonchev–Trinajstić information content (AvgIpc) is 2.40. The second-order valence-electron chi connectivity index (χ2n) is 5.38. The molecule has 1 aromatic rings. The van der Waals surface area contributed by atoms with E-state index in [0.29, 0.717) is 12.0 Å². The lowest BCUT2D eigenvalue weighted by molar-refractivity contribution is 0.0930. The number of likely N-dealkylation sites (tertiary alicyclic amines) is 1. The number of nitrogens with two attached hydrogens (primary N) is 1. The number of rotatable bonds is 4. The second kappa shape index (κ2) is 6.30. The van der Waals surface area contributed by atoms with Crippen LogP contribution in [0.1, 0.15) is 43.5 Å². The van der Waals surface area contributed by atoms with Crippen molar-refractivity contribution < 1.29 is 0 Å². The SMILES string of the molecule is CCCN1CCCC(CN)C1c1ccc(C)cn1. The van der Waals surface area contributed by atoms with Crippen LogP contribution in [-0.2, 0) is 0 Å². The molecule has 2 rings (SSSR count). The topological polar surface area (TPSA) is 42.1 Å². The fraction of sp³-hybridized carbons (Fsp3) is 0.667. The summed E-state index contributed by atoms with van der Waals surface area (Å²) in [6.45, 7) is 7.43. The Balaban J connectivity index is 2.24. The first kappa shape index (κ1) is 13.5. The molecule has 0 spiro atoms. The minimum absolute atomic E-state index is 0.421. The molecule has 0 radical (unpaired) electrons. The number of aromatic nitrogens is 1. The first-order valence-electron chi connectivity index (χ1n) is 7.13. The lowest BCUT2D eigenvalue weighted by Crippen LogP contribution is -2.42. The molecular weight excluding hydrogens is 222 g/mol. The molecule has 1 aromatic heterocycles. The predicted molar refractivity (Wildman–Crippen MR) is 75.4 cm³/mol. The minimum atomic E-state index is 0.421. The third kappa shape index (κ3) is 2.90. The summed E-state index contributed by atoms with van der Waals surface area (Å²) in [6.07, 6.45) is 5.67. The van der Waals surface area contributed by atoms with Gasteiger partial charge in [-0.05, 0) is 63.4 Å². The molecule has 2 heterocycles. The first-order valence-corrected chi connectivity index (χ1v) is 7.13. The van der Waals surface area contributed by atoms with E-state index in [9.17, 15) is 0 Å². The molecule has 1 aliphatic heterocycles. The summed E-state index contributed by atoms with van der Waals surface area (Å²) in [7, 11) is 0. The van der Waals surface area contributed by atoms with Crippen molar-refractivity contribution in [3.8, 4) is 0 Å². The maximum atomic E-state index is 5.96. The van der Waals surface area contributed by atoms with E-state index in [2.05, 4.69) is 35.9 Å². The summed E-state index contributed by atoms with van der Waals surface area (Å²) >= 11 is 0. The Labute approximate surface area is 110 Å². The molecule has 0 bridgehead atoms. The minimum Gasteiger partial charge on any atom is -0.330 e. The van der Waals surface area contributed by atoms with E-state index < -0.39 is 0 Å². The van der Waals surface area contributed by atoms with Crippen molar-refractivity contribution in [3.63, 3.8) is 0 Å². The fourth-order valence-electron chi connectivity index (χ4n) is 3.02. The Morgan fingerprint density at radius 1 is 1.44 bits per heavy atom. The maximum Gasteiger partial charge on any atom is 0.0578 e. The molecule has 2 N–H and O–H groups in total. The van der Waals surface area contributed by atoms with Gasteiger partial charge in [0.25, 0.3) is 0 Å². The number of hydrogen-bond donors (Lipinski definition) is 1. The van der Waals surface area contributed by atoms with Crippen LogP contribution >= 0.6 is 0 Å². The quantitative estimate of drug-likeness (QED) is 0.889. The van der Waals surface area contributed by atoms with Gasteiger partial charge >= 0.3 is 0 Å². The van der Waals surface area contributed by atoms with E-state index in [1.54, 1.807) is 0 Å². The van der Waals surface area contributed by atoms with Gasteiger partial charge in [-0.1, -0.05) is 13.0 Å². The summed E-state index contributed by atoms with van der Waals surface area (Å²) in [5.74, 6) is 0.556. The molecule has 0 saturated carbocycles. The Morgan fingerprint density at radius 3 is 2.89 bits per heavy atom. The number of aryl methyl sites for hydroxylation is 1. The van der Waals surface area contributed by atoms with Crippen LogP contribution in [0, 0.1) is 12.8 Å². The van der Waals surface area contributed by atoms with Crippen LogP contribution in [0.2, 0.25) is 0 Å². The molecule has 2 atom stereocenters. The Kier molecular flexibility index (Phi) is 4.72. The van der Waals surface area contributed by atoms with E-state index in [1.165, 1.54) is 37.1 Å². The number of pyridine rings is 1. The molecule has 2 unspecified atom stereocenters. The van der Waals surface area contributed by atoms with Gasteiger partial charge in [0.2, 0.25) is 0 Å². The third-order valence-electron chi connectivity index (χ3n) is 3.91. The van der Waals surface area contributed by atoms with Crippen LogP contribution < -0.4 is 5.73 Å². The van der Waals surface area contributed by atoms with Crippen LogP contribution in [0.4, 0.5) is 0 Å². The largest absolute Gasteiger partial charge is 0.330 e. The van der Waals surface area contributed by atoms with Crippen molar-refractivity contribution in [1.29, 1.82) is 0 Å². The highest BCUT2D eigenvalue weighted by Crippen LogP contribution is 2.34. The number of piperidine rings is 1. The number of hydrogen-bond acceptors (Lipinski definition) is 3. The molecule has 1 aliphatic rings. The zero-order valence-corrected chi connectivity index (χ0v) is 11.6. The van der Waals surface area contributed by atoms with Crippen LogP contribution in [-0.4, -0.2) is 29.5 Å². The maximum absolute atomic E-state index is 5.96. The summed E-state index contributed by atoms with van der Waals surface area (Å²) in [5, 5.41) is 0. The molecule has 0 aromatic carbocycles. The van der Waals surface area contributed by atoms with Gasteiger partial charge in [0.15, 0.2) is 0 Å². The highest BCUT2D eigenvalue weighted by Gasteiger charge is 2.31. The molecule has 0 aliphatic carbocycles. The van der Waals surface area contributed by atoms with Crippen LogP contribution in [0.15, 0.2) is 18.3 Å². The molecule has 3 nitrogen and oxygen atoms in total. The molecule has 0 amide bonds. The normalized spacial score (nSPS) is 25.3. The first-order chi connectivity index (χ1) is 8.76. The van der Waals surface area contributed by atoms with Crippen molar-refractivity contribution in [2.24, 2.45) is 11.7 Å². The molecule has 100 valence electrons. The molecule has 3 heteroatoms. The Morgan fingerprint density at radius 2 is 2.28 bits per heavy atom. The van der Waals surface area contributed by atoms with Gasteiger partial charge in [-0.15, -0.1) is 0 Å². The van der Waals surface area contributed by atoms with E-state index >= 15 is 0 Å². The Hall–Kier alpha value is -0.930. The van der Waals surface area contributed by atoms with Crippen molar-refractivity contribution in [3.05, 3.63) is 29.6 Å². The predicted octanol–water partition coefficient (Wildman–Crippen LogP) is 2.51. The van der Waals surface area contributed by atoms with Gasteiger partial charge in [-0.25, -0.2) is 0 Å². The second-order valence-corrected chi connectivity index (χ2v) is 5.38. The lowest BCUT2D eigenvalue weighted by Gasteiger charge is -2.40. The summed E-state index contributed by atoms with van der Waals surface area (Å²) < 4.78 is 0. The van der Waals surface area contributed by atoms with Gasteiger partial charge in [-0.3, -0.25) is 9.88 Å². The zero-order valence-electron chi connectivity index (χ0n) is 11.6. The van der Waals surface area contributed by atoms with Crippen molar-refractivity contribution in [2.75, 3.05) is 19.6 Å². The molecule has 1 fully saturated rings. The van der Waals surface area contributed by atoms with Gasteiger partial charge in [0, 0.05) is 6.20 Å². The third-order valence-corrected chi connectivity index (χ3v) is 3.91. The van der Waals surface area contributed by atoms with Gasteiger partial charge in [-0.2, -0.15) is 0 Å². The van der Waals surface area contributed by atoms with Gasteiger partial charge in [0.1, 0.15) is 0 Å². The monoisotopic (exact) mass is 247 g/mol. The van der Waals surface area contributed by atoms with E-state index in [4.69, 9.17) is 5.73 Å². The van der Waals surface area contributed by atoms with E-state index in [1.807, 2.05) is 6.20 Å². The van der Waals surface area contributed by atoms with Crippen molar-refractivity contribution >= 4 is 0 Å². The van der Waals surface area contributed by atoms with Crippen LogP contribution in [0.5, 0.6) is 0 Å². The molecule has 18 heavy (non-hydrogen) atoms. The number of nitrogens with zero attached hydrogens (tertiary/aromatic N) is 2. The highest BCUT2D eigenvalue weighted by molar-refractivity contribution is 5.16. The average molecular weight is 247 g/mol. The lowest BCUT2D eigenvalue weighted by atomic mass is 9.86. The molecule has 1 saturated heterocycles. The van der Waals surface area contributed by atoms with Crippen molar-refractivity contribution in [1.82, 2.24) is 9.88 Å².